The minimum atomic E-state index is -0.473. The van der Waals surface area contributed by atoms with Crippen molar-refractivity contribution in [2.75, 3.05) is 10.2 Å². The molecule has 10 heteroatoms. The molecule has 0 aliphatic rings. The molecule has 0 aliphatic heterocycles. The maximum atomic E-state index is 11.9. The largest absolute Gasteiger partial charge is 0.273 e. The molecule has 27 heavy (non-hydrogen) atoms. The van der Waals surface area contributed by atoms with Crippen LogP contribution in [-0.2, 0) is 9.59 Å². The topological polar surface area (TPSA) is 124 Å². The Kier molecular flexibility index (Phi) is 7.39. The van der Waals surface area contributed by atoms with Crippen LogP contribution in [-0.4, -0.2) is 11.8 Å². The van der Waals surface area contributed by atoms with Gasteiger partial charge >= 0.3 is 0 Å². The molecule has 2 rings (SSSR count). The average Bonchev–Trinajstić information content (AvgIpc) is 2.71. The number of rotatable bonds is 10. The Morgan fingerprint density at radius 2 is 1.07 bits per heavy atom. The van der Waals surface area contributed by atoms with Gasteiger partial charge in [0.25, 0.3) is 0 Å². The van der Waals surface area contributed by atoms with Crippen molar-refractivity contribution in [2.24, 2.45) is 10.6 Å². The third-order valence-electron chi connectivity index (χ3n) is 3.43. The first-order chi connectivity index (χ1) is 13.1. The summed E-state index contributed by atoms with van der Waals surface area (Å²) in [6, 6.07) is 16.8. The number of nitrogens with one attached hydrogen (secondary N) is 2. The molecule has 0 heterocycles. The molecule has 0 fully saturated rings. The van der Waals surface area contributed by atoms with E-state index in [1.165, 1.54) is 0 Å². The lowest BCUT2D eigenvalue weighted by Gasteiger charge is -2.17. The van der Waals surface area contributed by atoms with E-state index in [2.05, 4.69) is 21.4 Å². The van der Waals surface area contributed by atoms with Crippen molar-refractivity contribution in [1.82, 2.24) is 10.9 Å². The van der Waals surface area contributed by atoms with E-state index in [0.29, 0.717) is 11.4 Å². The molecule has 140 valence electrons. The minimum Gasteiger partial charge on any atom is -0.273 e. The number of benzene rings is 2. The number of hydrazine groups is 2. The summed E-state index contributed by atoms with van der Waals surface area (Å²) in [6.45, 7) is 0. The average molecular weight is 370 g/mol. The van der Waals surface area contributed by atoms with Gasteiger partial charge in [-0.05, 0) is 30.7 Å². The molecule has 0 aliphatic carbocycles. The summed E-state index contributed by atoms with van der Waals surface area (Å²) in [5, 5.41) is 7.12. The van der Waals surface area contributed by atoms with Crippen molar-refractivity contribution in [2.45, 2.75) is 19.3 Å². The molecule has 0 spiro atoms. The maximum absolute atomic E-state index is 11.9. The highest BCUT2D eigenvalue weighted by Crippen LogP contribution is 2.12. The first-order valence-electron chi connectivity index (χ1n) is 8.10. The molecule has 2 aromatic carbocycles. The van der Waals surface area contributed by atoms with E-state index in [1.807, 2.05) is 0 Å². The van der Waals surface area contributed by atoms with Crippen molar-refractivity contribution in [1.29, 1.82) is 0 Å². The van der Waals surface area contributed by atoms with Crippen LogP contribution in [0, 0.1) is 9.81 Å². The van der Waals surface area contributed by atoms with Gasteiger partial charge in [0.15, 0.2) is 0 Å². The molecule has 2 N–H and O–H groups in total. The number of anilines is 2. The molecule has 0 atom stereocenters. The summed E-state index contributed by atoms with van der Waals surface area (Å²) in [5.41, 5.74) is 5.50. The van der Waals surface area contributed by atoms with Gasteiger partial charge in [-0.2, -0.15) is 0 Å². The fraction of sp³-hybridized carbons (Fsp3) is 0.176. The SMILES string of the molecule is O=NN(NC(=O)CCCC(=O)NN(N=O)c1ccccc1)c1ccccc1. The predicted octanol–water partition coefficient (Wildman–Crippen LogP) is 2.60. The van der Waals surface area contributed by atoms with E-state index in [-0.39, 0.29) is 19.3 Å². The van der Waals surface area contributed by atoms with E-state index in [9.17, 15) is 19.4 Å². The molecule has 10 nitrogen and oxygen atoms in total. The Balaban J connectivity index is 1.76. The van der Waals surface area contributed by atoms with E-state index in [4.69, 9.17) is 0 Å². The molecule has 2 amide bonds. The normalized spacial score (nSPS) is 9.78. The third kappa shape index (κ3) is 6.20. The second-order valence-corrected chi connectivity index (χ2v) is 5.38. The van der Waals surface area contributed by atoms with Crippen LogP contribution < -0.4 is 21.1 Å². The summed E-state index contributed by atoms with van der Waals surface area (Å²) < 4.78 is 0. The van der Waals surface area contributed by atoms with Crippen LogP contribution in [0.4, 0.5) is 11.4 Å². The van der Waals surface area contributed by atoms with Crippen LogP contribution in [0.25, 0.3) is 0 Å². The summed E-state index contributed by atoms with van der Waals surface area (Å²) in [4.78, 5) is 45.5. The van der Waals surface area contributed by atoms with Crippen molar-refractivity contribution in [3.63, 3.8) is 0 Å². The van der Waals surface area contributed by atoms with Crippen LogP contribution in [0.5, 0.6) is 0 Å². The lowest BCUT2D eigenvalue weighted by Crippen LogP contribution is -2.39. The fourth-order valence-corrected chi connectivity index (χ4v) is 2.16. The zero-order valence-corrected chi connectivity index (χ0v) is 14.3. The summed E-state index contributed by atoms with van der Waals surface area (Å²) in [7, 11) is 0. The summed E-state index contributed by atoms with van der Waals surface area (Å²) in [5.74, 6) is -0.945. The van der Waals surface area contributed by atoms with E-state index in [1.54, 1.807) is 60.7 Å². The highest BCUT2D eigenvalue weighted by molar-refractivity contribution is 5.80. The van der Waals surface area contributed by atoms with Gasteiger partial charge in [0.05, 0.1) is 21.9 Å². The number of carbonyl (C=O) groups is 2. The molecular formula is C17H18N6O4. The third-order valence-corrected chi connectivity index (χ3v) is 3.43. The second-order valence-electron chi connectivity index (χ2n) is 5.38. The van der Waals surface area contributed by atoms with Gasteiger partial charge in [0.2, 0.25) is 11.8 Å². The standard InChI is InChI=1S/C17H18N6O4/c24-16(18-22(20-26)14-8-3-1-4-9-14)12-7-13-17(25)19-23(21-27)15-10-5-2-6-11-15/h1-6,8-11H,7,12-13H2,(H,18,24)(H,19,25). The van der Waals surface area contributed by atoms with Crippen molar-refractivity contribution in [3.05, 3.63) is 70.5 Å². The van der Waals surface area contributed by atoms with Crippen LogP contribution in [0.3, 0.4) is 0 Å². The first-order valence-corrected chi connectivity index (χ1v) is 8.10. The van der Waals surface area contributed by atoms with Crippen LogP contribution in [0.2, 0.25) is 0 Å². The molecule has 2 aromatic rings. The molecule has 0 saturated carbocycles. The minimum absolute atomic E-state index is 0.00781. The zero-order valence-electron chi connectivity index (χ0n) is 14.3. The number of carbonyl (C=O) groups excluding carboxylic acids is 2. The van der Waals surface area contributed by atoms with E-state index in [0.717, 1.165) is 10.2 Å². The molecular weight excluding hydrogens is 352 g/mol. The Labute approximate surface area is 155 Å². The Bertz CT molecular complexity index is 706. The number of nitrogens with zero attached hydrogens (tertiary/aromatic N) is 4. The van der Waals surface area contributed by atoms with Crippen molar-refractivity contribution in [3.8, 4) is 0 Å². The monoisotopic (exact) mass is 370 g/mol. The number of nitroso groups, excluding NO2 is 2. The Morgan fingerprint density at radius 1 is 0.704 bits per heavy atom. The number of hydrogen-bond donors (Lipinski definition) is 2. The quantitative estimate of drug-likeness (QED) is 0.489. The van der Waals surface area contributed by atoms with Gasteiger partial charge in [-0.15, -0.1) is 20.0 Å². The van der Waals surface area contributed by atoms with Gasteiger partial charge in [0, 0.05) is 12.8 Å². The molecule has 0 aromatic heterocycles. The smallest absolute Gasteiger partial charge is 0.240 e. The second kappa shape index (κ2) is 10.2. The molecule has 0 bridgehead atoms. The molecule has 0 radical (unpaired) electrons. The van der Waals surface area contributed by atoms with E-state index >= 15 is 0 Å². The molecule has 0 unspecified atom stereocenters. The van der Waals surface area contributed by atoms with Crippen LogP contribution >= 0.6 is 0 Å². The van der Waals surface area contributed by atoms with Gasteiger partial charge in [-0.25, -0.2) is 10.9 Å². The van der Waals surface area contributed by atoms with Crippen LogP contribution in [0.1, 0.15) is 19.3 Å². The highest BCUT2D eigenvalue weighted by Gasteiger charge is 2.13. The first kappa shape index (κ1) is 19.5. The van der Waals surface area contributed by atoms with Gasteiger partial charge < -0.3 is 0 Å². The van der Waals surface area contributed by atoms with E-state index < -0.39 is 11.8 Å². The van der Waals surface area contributed by atoms with Gasteiger partial charge in [-0.3, -0.25) is 9.59 Å². The lowest BCUT2D eigenvalue weighted by atomic mass is 10.2. The van der Waals surface area contributed by atoms with Crippen molar-refractivity contribution >= 4 is 23.2 Å². The summed E-state index contributed by atoms with van der Waals surface area (Å²) >= 11 is 0. The molecule has 0 saturated heterocycles. The number of para-hydroxylation sites is 2. The zero-order chi connectivity index (χ0) is 19.5. The fourth-order valence-electron chi connectivity index (χ4n) is 2.16. The highest BCUT2D eigenvalue weighted by atomic mass is 16.3. The van der Waals surface area contributed by atoms with Crippen molar-refractivity contribution < 1.29 is 9.59 Å². The van der Waals surface area contributed by atoms with Gasteiger partial charge in [-0.1, -0.05) is 36.4 Å². The maximum Gasteiger partial charge on any atom is 0.240 e. The van der Waals surface area contributed by atoms with Gasteiger partial charge in [0.1, 0.15) is 0 Å². The van der Waals surface area contributed by atoms with Crippen LogP contribution in [0.15, 0.2) is 71.2 Å². The summed E-state index contributed by atoms with van der Waals surface area (Å²) in [6.07, 6.45) is 0.193. The Morgan fingerprint density at radius 3 is 1.41 bits per heavy atom. The Hall–Kier alpha value is -3.82. The number of hydrogen-bond acceptors (Lipinski definition) is 6. The predicted molar refractivity (Wildman–Crippen MR) is 99.6 cm³/mol. The number of amides is 2. The lowest BCUT2D eigenvalue weighted by molar-refractivity contribution is -0.122.